The predicted molar refractivity (Wildman–Crippen MR) is 103 cm³/mol. The summed E-state index contributed by atoms with van der Waals surface area (Å²) in [5, 5.41) is 11.1. The second kappa shape index (κ2) is 8.66. The number of para-hydroxylation sites is 1. The molecule has 1 N–H and O–H groups in total. The number of ether oxygens (including phenoxy) is 1. The van der Waals surface area contributed by atoms with E-state index in [0.29, 0.717) is 5.17 Å². The number of amidine groups is 1. The highest BCUT2D eigenvalue weighted by molar-refractivity contribution is 8.18. The van der Waals surface area contributed by atoms with Crippen molar-refractivity contribution in [2.75, 3.05) is 25.1 Å². The summed E-state index contributed by atoms with van der Waals surface area (Å²) in [6.45, 7) is 2.10. The van der Waals surface area contributed by atoms with Crippen LogP contribution < -0.4 is 10.2 Å². The lowest BCUT2D eigenvalue weighted by Crippen LogP contribution is -2.30. The van der Waals surface area contributed by atoms with E-state index in [1.807, 2.05) is 18.2 Å². The lowest BCUT2D eigenvalue weighted by molar-refractivity contribution is -0.135. The lowest BCUT2D eigenvalue weighted by Gasteiger charge is -2.29. The molecular formula is C18H20N4O3S. The second-order valence-electron chi connectivity index (χ2n) is 5.84. The average molecular weight is 372 g/mol. The fourth-order valence-corrected chi connectivity index (χ4v) is 3.54. The highest BCUT2D eigenvalue weighted by Crippen LogP contribution is 2.24. The highest BCUT2D eigenvalue weighted by Gasteiger charge is 2.25. The summed E-state index contributed by atoms with van der Waals surface area (Å²) in [6, 6.07) is 8.06. The van der Waals surface area contributed by atoms with Gasteiger partial charge >= 0.3 is 5.97 Å². The number of carbonyl (C=O) groups is 2. The van der Waals surface area contributed by atoms with Crippen molar-refractivity contribution in [3.8, 4) is 0 Å². The molecule has 2 fully saturated rings. The fraction of sp³-hybridized carbons (Fsp3) is 0.333. The molecule has 1 aromatic carbocycles. The van der Waals surface area contributed by atoms with E-state index in [2.05, 4.69) is 31.2 Å². The van der Waals surface area contributed by atoms with Crippen LogP contribution in [0.2, 0.25) is 0 Å². The smallest absolute Gasteiger partial charge is 0.331 e. The molecule has 0 aliphatic carbocycles. The third-order valence-electron chi connectivity index (χ3n) is 4.08. The summed E-state index contributed by atoms with van der Waals surface area (Å²) >= 11 is 1.06. The zero-order chi connectivity index (χ0) is 18.4. The van der Waals surface area contributed by atoms with Crippen molar-refractivity contribution in [1.29, 1.82) is 0 Å². The summed E-state index contributed by atoms with van der Waals surface area (Å²) in [5.41, 5.74) is 2.13. The van der Waals surface area contributed by atoms with Crippen molar-refractivity contribution >= 4 is 40.7 Å². The van der Waals surface area contributed by atoms with Gasteiger partial charge in [-0.05, 0) is 37.1 Å². The first-order valence-corrected chi connectivity index (χ1v) is 9.23. The van der Waals surface area contributed by atoms with Gasteiger partial charge in [0.1, 0.15) is 0 Å². The SMILES string of the molecule is COC(=O)/C=C1/S/C(=N\N=Cc2ccccc2N2CCCCC2)NC1=O. The number of rotatable bonds is 4. The predicted octanol–water partition coefficient (Wildman–Crippen LogP) is 2.29. The molecule has 0 unspecified atom stereocenters. The van der Waals surface area contributed by atoms with Gasteiger partial charge in [0.2, 0.25) is 0 Å². The molecule has 136 valence electrons. The molecule has 0 radical (unpaired) electrons. The van der Waals surface area contributed by atoms with Crippen LogP contribution in [0.3, 0.4) is 0 Å². The number of nitrogens with one attached hydrogen (secondary N) is 1. The maximum atomic E-state index is 11.8. The minimum atomic E-state index is -0.581. The monoisotopic (exact) mass is 372 g/mol. The molecule has 0 saturated carbocycles. The van der Waals surface area contributed by atoms with E-state index >= 15 is 0 Å². The van der Waals surface area contributed by atoms with Crippen LogP contribution in [-0.4, -0.2) is 43.5 Å². The van der Waals surface area contributed by atoms with Crippen LogP contribution in [-0.2, 0) is 14.3 Å². The van der Waals surface area contributed by atoms with Gasteiger partial charge in [-0.2, -0.15) is 5.10 Å². The van der Waals surface area contributed by atoms with E-state index in [-0.39, 0.29) is 10.8 Å². The quantitative estimate of drug-likeness (QED) is 0.379. The molecule has 2 aliphatic rings. The van der Waals surface area contributed by atoms with Crippen LogP contribution in [0.5, 0.6) is 0 Å². The van der Waals surface area contributed by atoms with Crippen LogP contribution in [0.1, 0.15) is 24.8 Å². The van der Waals surface area contributed by atoms with E-state index in [4.69, 9.17) is 0 Å². The number of hydrogen-bond acceptors (Lipinski definition) is 7. The first-order chi connectivity index (χ1) is 12.7. The summed E-state index contributed by atoms with van der Waals surface area (Å²) in [6.07, 6.45) is 6.50. The molecule has 0 atom stereocenters. The molecule has 7 nitrogen and oxygen atoms in total. The largest absolute Gasteiger partial charge is 0.466 e. The first kappa shape index (κ1) is 18.2. The van der Waals surface area contributed by atoms with Gasteiger partial charge in [0, 0.05) is 30.4 Å². The van der Waals surface area contributed by atoms with Crippen LogP contribution in [0, 0.1) is 0 Å². The Bertz CT molecular complexity index is 782. The molecule has 0 aromatic heterocycles. The number of benzene rings is 1. The third-order valence-corrected chi connectivity index (χ3v) is 4.98. The molecular weight excluding hydrogens is 352 g/mol. The normalized spacial score (nSPS) is 20.8. The second-order valence-corrected chi connectivity index (χ2v) is 6.87. The Labute approximate surface area is 156 Å². The molecule has 8 heteroatoms. The van der Waals surface area contributed by atoms with Crippen molar-refractivity contribution in [1.82, 2.24) is 5.32 Å². The van der Waals surface area contributed by atoms with Gasteiger partial charge in [0.25, 0.3) is 5.91 Å². The molecule has 26 heavy (non-hydrogen) atoms. The van der Waals surface area contributed by atoms with Gasteiger partial charge in [-0.25, -0.2) is 4.79 Å². The van der Waals surface area contributed by atoms with Crippen LogP contribution in [0.25, 0.3) is 0 Å². The summed E-state index contributed by atoms with van der Waals surface area (Å²) < 4.78 is 4.52. The first-order valence-electron chi connectivity index (χ1n) is 8.41. The zero-order valence-electron chi connectivity index (χ0n) is 14.5. The third kappa shape index (κ3) is 4.51. The number of hydrogen-bond donors (Lipinski definition) is 1. The van der Waals surface area contributed by atoms with Gasteiger partial charge in [-0.1, -0.05) is 18.2 Å². The van der Waals surface area contributed by atoms with Crippen molar-refractivity contribution in [2.24, 2.45) is 10.2 Å². The Morgan fingerprint density at radius 3 is 2.81 bits per heavy atom. The number of thioether (sulfide) groups is 1. The van der Waals surface area contributed by atoms with Gasteiger partial charge in [-0.15, -0.1) is 5.10 Å². The van der Waals surface area contributed by atoms with Crippen molar-refractivity contribution in [3.63, 3.8) is 0 Å². The van der Waals surface area contributed by atoms with Gasteiger partial charge in [0.05, 0.1) is 18.2 Å². The van der Waals surface area contributed by atoms with Gasteiger partial charge in [0.15, 0.2) is 5.17 Å². The maximum Gasteiger partial charge on any atom is 0.331 e. The Morgan fingerprint density at radius 2 is 2.04 bits per heavy atom. The van der Waals surface area contributed by atoms with Crippen molar-refractivity contribution < 1.29 is 14.3 Å². The summed E-state index contributed by atoms with van der Waals surface area (Å²) in [4.78, 5) is 25.6. The minimum absolute atomic E-state index is 0.236. The molecule has 1 aromatic rings. The van der Waals surface area contributed by atoms with Crippen molar-refractivity contribution in [3.05, 3.63) is 40.8 Å². The van der Waals surface area contributed by atoms with Crippen molar-refractivity contribution in [2.45, 2.75) is 19.3 Å². The van der Waals surface area contributed by atoms with Crippen LogP contribution in [0.4, 0.5) is 5.69 Å². The summed E-state index contributed by atoms with van der Waals surface area (Å²) in [7, 11) is 1.26. The number of anilines is 1. The standard InChI is InChI=1S/C18H20N4O3S/c1-25-16(23)11-15-17(24)20-18(26-15)21-19-12-13-7-3-4-8-14(13)22-9-5-2-6-10-22/h3-4,7-8,11-12H,2,5-6,9-10H2,1H3,(H,20,21,24)/b15-11+,19-12?. The lowest BCUT2D eigenvalue weighted by atomic mass is 10.1. The van der Waals surface area contributed by atoms with E-state index < -0.39 is 5.97 Å². The van der Waals surface area contributed by atoms with E-state index in [9.17, 15) is 9.59 Å². The van der Waals surface area contributed by atoms with E-state index in [0.717, 1.165) is 42.2 Å². The molecule has 0 spiro atoms. The minimum Gasteiger partial charge on any atom is -0.466 e. The molecule has 0 bridgehead atoms. The Morgan fingerprint density at radius 1 is 1.27 bits per heavy atom. The Balaban J connectivity index is 1.71. The van der Waals surface area contributed by atoms with E-state index in [1.165, 1.54) is 26.4 Å². The number of nitrogens with zero attached hydrogens (tertiary/aromatic N) is 3. The molecule has 1 amide bonds. The van der Waals surface area contributed by atoms with E-state index in [1.54, 1.807) is 6.21 Å². The maximum absolute atomic E-state index is 11.8. The summed E-state index contributed by atoms with van der Waals surface area (Å²) in [5.74, 6) is -0.967. The Hall–Kier alpha value is -2.61. The fourth-order valence-electron chi connectivity index (χ4n) is 2.80. The van der Waals surface area contributed by atoms with Crippen LogP contribution in [0.15, 0.2) is 45.4 Å². The number of esters is 1. The zero-order valence-corrected chi connectivity index (χ0v) is 15.3. The highest BCUT2D eigenvalue weighted by atomic mass is 32.2. The molecule has 3 rings (SSSR count). The topological polar surface area (TPSA) is 83.4 Å². The van der Waals surface area contributed by atoms with Gasteiger partial charge < -0.3 is 9.64 Å². The number of amides is 1. The average Bonchev–Trinajstić information content (AvgIpc) is 3.02. The molecule has 2 aliphatic heterocycles. The molecule has 2 saturated heterocycles. The number of piperidine rings is 1. The number of methoxy groups -OCH3 is 1. The van der Waals surface area contributed by atoms with Crippen LogP contribution >= 0.6 is 11.8 Å². The Kier molecular flexibility index (Phi) is 6.06. The van der Waals surface area contributed by atoms with Gasteiger partial charge in [-0.3, -0.25) is 10.1 Å². The number of carbonyl (C=O) groups excluding carboxylic acids is 2. The molecule has 2 heterocycles.